The van der Waals surface area contributed by atoms with Crippen molar-refractivity contribution in [2.24, 2.45) is 0 Å². The van der Waals surface area contributed by atoms with Crippen LogP contribution in [0.3, 0.4) is 0 Å². The Morgan fingerprint density at radius 2 is 1.43 bits per heavy atom. The average molecular weight is 377 g/mol. The van der Waals surface area contributed by atoms with Crippen LogP contribution in [0.5, 0.6) is 0 Å². The van der Waals surface area contributed by atoms with Gasteiger partial charge in [-0.15, -0.1) is 0 Å². The van der Waals surface area contributed by atoms with Gasteiger partial charge in [-0.3, -0.25) is 19.4 Å². The van der Waals surface area contributed by atoms with E-state index >= 15 is 0 Å². The van der Waals surface area contributed by atoms with E-state index in [2.05, 4.69) is 41.8 Å². The summed E-state index contributed by atoms with van der Waals surface area (Å²) in [6.07, 6.45) is 0.814. The first-order valence-electron chi connectivity index (χ1n) is 10.0. The van der Waals surface area contributed by atoms with Crippen molar-refractivity contribution in [3.63, 3.8) is 0 Å². The van der Waals surface area contributed by atoms with E-state index in [4.69, 9.17) is 0 Å². The summed E-state index contributed by atoms with van der Waals surface area (Å²) in [5, 5.41) is 0. The first kappa shape index (κ1) is 18.7. The van der Waals surface area contributed by atoms with Crippen LogP contribution in [-0.4, -0.2) is 60.9 Å². The maximum Gasteiger partial charge on any atom is 0.261 e. The molecule has 2 aliphatic heterocycles. The summed E-state index contributed by atoms with van der Waals surface area (Å²) >= 11 is 0. The van der Waals surface area contributed by atoms with E-state index in [1.165, 1.54) is 21.7 Å². The summed E-state index contributed by atoms with van der Waals surface area (Å²) in [7, 11) is 0. The van der Waals surface area contributed by atoms with Crippen molar-refractivity contribution in [2.75, 3.05) is 44.2 Å². The molecule has 4 rings (SSSR count). The Kier molecular flexibility index (Phi) is 5.18. The second kappa shape index (κ2) is 7.76. The minimum Gasteiger partial charge on any atom is -0.369 e. The Morgan fingerprint density at radius 1 is 0.786 bits per heavy atom. The zero-order valence-electron chi connectivity index (χ0n) is 16.6. The SMILES string of the molecule is Cc1cccc(N2CCN(CCCN3C(=O)c4ccccc4C3=O)CC2)c1C. The molecule has 5 nitrogen and oxygen atoms in total. The van der Waals surface area contributed by atoms with Gasteiger partial charge in [-0.2, -0.15) is 0 Å². The highest BCUT2D eigenvalue weighted by atomic mass is 16.2. The number of anilines is 1. The molecule has 2 aromatic rings. The topological polar surface area (TPSA) is 43.9 Å². The number of nitrogens with zero attached hydrogens (tertiary/aromatic N) is 3. The Hall–Kier alpha value is -2.66. The van der Waals surface area contributed by atoms with E-state index < -0.39 is 0 Å². The molecule has 0 atom stereocenters. The monoisotopic (exact) mass is 377 g/mol. The molecule has 0 N–H and O–H groups in total. The number of imide groups is 1. The fourth-order valence-corrected chi connectivity index (χ4v) is 4.19. The first-order chi connectivity index (χ1) is 13.6. The lowest BCUT2D eigenvalue weighted by molar-refractivity contribution is 0.0647. The van der Waals surface area contributed by atoms with Gasteiger partial charge in [-0.05, 0) is 56.1 Å². The van der Waals surface area contributed by atoms with Crippen LogP contribution >= 0.6 is 0 Å². The molecule has 2 heterocycles. The summed E-state index contributed by atoms with van der Waals surface area (Å²) in [6.45, 7) is 9.80. The molecule has 0 aromatic heterocycles. The third-order valence-electron chi connectivity index (χ3n) is 6.02. The lowest BCUT2D eigenvalue weighted by Gasteiger charge is -2.37. The van der Waals surface area contributed by atoms with Crippen LogP contribution in [0.2, 0.25) is 0 Å². The molecule has 2 amide bonds. The number of fused-ring (bicyclic) bond motifs is 1. The smallest absolute Gasteiger partial charge is 0.261 e. The quantitative estimate of drug-likeness (QED) is 0.751. The highest BCUT2D eigenvalue weighted by Crippen LogP contribution is 2.24. The van der Waals surface area contributed by atoms with Crippen LogP contribution in [0.1, 0.15) is 38.3 Å². The molecule has 146 valence electrons. The van der Waals surface area contributed by atoms with Crippen LogP contribution in [0.25, 0.3) is 0 Å². The van der Waals surface area contributed by atoms with Crippen molar-refractivity contribution in [1.82, 2.24) is 9.80 Å². The molecule has 0 bridgehead atoms. The molecule has 28 heavy (non-hydrogen) atoms. The Bertz CT molecular complexity index is 865. The van der Waals surface area contributed by atoms with Crippen LogP contribution < -0.4 is 4.90 Å². The maximum absolute atomic E-state index is 12.4. The minimum atomic E-state index is -0.152. The fourth-order valence-electron chi connectivity index (χ4n) is 4.19. The average Bonchev–Trinajstić information content (AvgIpc) is 2.96. The Morgan fingerprint density at radius 3 is 2.07 bits per heavy atom. The summed E-state index contributed by atoms with van der Waals surface area (Å²) in [5.74, 6) is -0.305. The molecule has 1 saturated heterocycles. The van der Waals surface area contributed by atoms with Gasteiger partial charge in [0.1, 0.15) is 0 Å². The second-order valence-electron chi connectivity index (χ2n) is 7.71. The normalized spacial score (nSPS) is 17.4. The second-order valence-corrected chi connectivity index (χ2v) is 7.71. The molecule has 0 saturated carbocycles. The zero-order valence-corrected chi connectivity index (χ0v) is 16.6. The molecule has 0 aliphatic carbocycles. The van der Waals surface area contributed by atoms with Gasteiger partial charge in [0.05, 0.1) is 11.1 Å². The number of aryl methyl sites for hydroxylation is 1. The van der Waals surface area contributed by atoms with Gasteiger partial charge < -0.3 is 4.90 Å². The molecule has 5 heteroatoms. The molecular formula is C23H27N3O2. The van der Waals surface area contributed by atoms with Gasteiger partial charge >= 0.3 is 0 Å². The lowest BCUT2D eigenvalue weighted by atomic mass is 10.1. The number of carbonyl (C=O) groups is 2. The van der Waals surface area contributed by atoms with E-state index in [1.54, 1.807) is 12.1 Å². The summed E-state index contributed by atoms with van der Waals surface area (Å²) in [6, 6.07) is 13.6. The molecule has 2 aromatic carbocycles. The predicted octanol–water partition coefficient (Wildman–Crippen LogP) is 3.11. The van der Waals surface area contributed by atoms with Gasteiger partial charge in [0.2, 0.25) is 0 Å². The van der Waals surface area contributed by atoms with Gasteiger partial charge in [0, 0.05) is 38.4 Å². The molecule has 0 spiro atoms. The van der Waals surface area contributed by atoms with E-state index in [1.807, 2.05) is 12.1 Å². The molecule has 2 aliphatic rings. The Balaban J connectivity index is 1.27. The molecular weight excluding hydrogens is 350 g/mol. The van der Waals surface area contributed by atoms with E-state index in [9.17, 15) is 9.59 Å². The highest BCUT2D eigenvalue weighted by molar-refractivity contribution is 6.21. The van der Waals surface area contributed by atoms with Gasteiger partial charge in [-0.1, -0.05) is 24.3 Å². The van der Waals surface area contributed by atoms with Gasteiger partial charge in [0.15, 0.2) is 0 Å². The number of hydrogen-bond donors (Lipinski definition) is 0. The van der Waals surface area contributed by atoms with Crippen molar-refractivity contribution >= 4 is 17.5 Å². The van der Waals surface area contributed by atoms with Crippen molar-refractivity contribution < 1.29 is 9.59 Å². The summed E-state index contributed by atoms with van der Waals surface area (Å²) in [4.78, 5) is 31.2. The fraction of sp³-hybridized carbons (Fsp3) is 0.391. The molecule has 1 fully saturated rings. The van der Waals surface area contributed by atoms with Gasteiger partial charge in [-0.25, -0.2) is 0 Å². The summed E-state index contributed by atoms with van der Waals surface area (Å²) < 4.78 is 0. The van der Waals surface area contributed by atoms with Gasteiger partial charge in [0.25, 0.3) is 11.8 Å². The van der Waals surface area contributed by atoms with Crippen molar-refractivity contribution in [1.29, 1.82) is 0 Å². The van der Waals surface area contributed by atoms with E-state index in [0.717, 1.165) is 39.1 Å². The van der Waals surface area contributed by atoms with Crippen LogP contribution in [0.15, 0.2) is 42.5 Å². The predicted molar refractivity (Wildman–Crippen MR) is 111 cm³/mol. The van der Waals surface area contributed by atoms with E-state index in [-0.39, 0.29) is 11.8 Å². The molecule has 0 unspecified atom stereocenters. The number of benzene rings is 2. The van der Waals surface area contributed by atoms with Crippen LogP contribution in [0, 0.1) is 13.8 Å². The number of amides is 2. The maximum atomic E-state index is 12.4. The largest absolute Gasteiger partial charge is 0.369 e. The molecule has 0 radical (unpaired) electrons. The standard InChI is InChI=1S/C23H27N3O2/c1-17-7-5-10-21(18(17)2)25-15-13-24(14-16-25)11-6-12-26-22(27)19-8-3-4-9-20(19)23(26)28/h3-5,7-10H,6,11-16H2,1-2H3. The Labute approximate surface area is 166 Å². The minimum absolute atomic E-state index is 0.152. The number of rotatable bonds is 5. The third-order valence-corrected chi connectivity index (χ3v) is 6.02. The lowest BCUT2D eigenvalue weighted by Crippen LogP contribution is -2.47. The summed E-state index contributed by atoms with van der Waals surface area (Å²) in [5.41, 5.74) is 5.11. The zero-order chi connectivity index (χ0) is 19.7. The van der Waals surface area contributed by atoms with E-state index in [0.29, 0.717) is 17.7 Å². The highest BCUT2D eigenvalue weighted by Gasteiger charge is 2.34. The number of carbonyl (C=O) groups excluding carboxylic acids is 2. The van der Waals surface area contributed by atoms with Crippen molar-refractivity contribution in [3.05, 3.63) is 64.7 Å². The number of hydrogen-bond acceptors (Lipinski definition) is 4. The van der Waals surface area contributed by atoms with Crippen molar-refractivity contribution in [2.45, 2.75) is 20.3 Å². The first-order valence-corrected chi connectivity index (χ1v) is 10.0. The van der Waals surface area contributed by atoms with Crippen LogP contribution in [0.4, 0.5) is 5.69 Å². The number of piperazine rings is 1. The van der Waals surface area contributed by atoms with Crippen LogP contribution in [-0.2, 0) is 0 Å². The van der Waals surface area contributed by atoms with Crippen molar-refractivity contribution in [3.8, 4) is 0 Å². The third kappa shape index (κ3) is 3.42.